The van der Waals surface area contributed by atoms with Crippen molar-refractivity contribution in [2.75, 3.05) is 19.8 Å². The zero-order chi connectivity index (χ0) is 14.6. The number of hydrogen-bond acceptors (Lipinski definition) is 4. The number of morpholine rings is 1. The lowest BCUT2D eigenvalue weighted by molar-refractivity contribution is 0.00319. The summed E-state index contributed by atoms with van der Waals surface area (Å²) in [6.45, 7) is 8.10. The van der Waals surface area contributed by atoms with Gasteiger partial charge < -0.3 is 19.9 Å². The maximum absolute atomic E-state index is 10.7. The van der Waals surface area contributed by atoms with Crippen LogP contribution in [0.5, 0.6) is 5.75 Å². The summed E-state index contributed by atoms with van der Waals surface area (Å²) in [6.07, 6.45) is 0.794. The van der Waals surface area contributed by atoms with Crippen molar-refractivity contribution < 1.29 is 14.6 Å². The fourth-order valence-corrected chi connectivity index (χ4v) is 2.51. The highest BCUT2D eigenvalue weighted by Crippen LogP contribution is 2.28. The largest absolute Gasteiger partial charge is 0.491 e. The van der Waals surface area contributed by atoms with Gasteiger partial charge in [-0.3, -0.25) is 0 Å². The van der Waals surface area contributed by atoms with Crippen molar-refractivity contribution in [3.63, 3.8) is 0 Å². The summed E-state index contributed by atoms with van der Waals surface area (Å²) in [7, 11) is 0. The van der Waals surface area contributed by atoms with Crippen molar-refractivity contribution in [3.8, 4) is 5.75 Å². The van der Waals surface area contributed by atoms with E-state index in [2.05, 4.69) is 5.32 Å². The van der Waals surface area contributed by atoms with E-state index in [1.807, 2.05) is 45.0 Å². The van der Waals surface area contributed by atoms with Gasteiger partial charge in [-0.05, 0) is 44.9 Å². The van der Waals surface area contributed by atoms with Gasteiger partial charge in [-0.15, -0.1) is 0 Å². The number of nitrogens with one attached hydrogen (secondary N) is 1. The summed E-state index contributed by atoms with van der Waals surface area (Å²) < 4.78 is 11.1. The van der Waals surface area contributed by atoms with Crippen LogP contribution < -0.4 is 10.1 Å². The summed E-state index contributed by atoms with van der Waals surface area (Å²) in [5.41, 5.74) is 0.0373. The first kappa shape index (κ1) is 15.3. The SMILES string of the molecule is CC(C)Oc1ccc(C(C)(O)CC2COCCN2)cc1. The topological polar surface area (TPSA) is 50.7 Å². The number of aliphatic hydroxyl groups is 1. The Morgan fingerprint density at radius 3 is 2.65 bits per heavy atom. The van der Waals surface area contributed by atoms with Gasteiger partial charge in [-0.1, -0.05) is 12.1 Å². The average molecular weight is 279 g/mol. The van der Waals surface area contributed by atoms with Crippen molar-refractivity contribution in [1.82, 2.24) is 5.32 Å². The summed E-state index contributed by atoms with van der Waals surface area (Å²) in [5.74, 6) is 0.832. The van der Waals surface area contributed by atoms with E-state index in [1.165, 1.54) is 0 Å². The molecule has 0 aliphatic carbocycles. The van der Waals surface area contributed by atoms with Crippen LogP contribution >= 0.6 is 0 Å². The highest BCUT2D eigenvalue weighted by molar-refractivity contribution is 5.30. The third kappa shape index (κ3) is 4.20. The van der Waals surface area contributed by atoms with E-state index in [0.29, 0.717) is 13.0 Å². The lowest BCUT2D eigenvalue weighted by atomic mass is 9.89. The van der Waals surface area contributed by atoms with Gasteiger partial charge in [0.2, 0.25) is 0 Å². The molecule has 2 unspecified atom stereocenters. The molecule has 0 aromatic heterocycles. The average Bonchev–Trinajstić information content (AvgIpc) is 2.39. The van der Waals surface area contributed by atoms with Crippen LogP contribution in [0.3, 0.4) is 0 Å². The van der Waals surface area contributed by atoms with E-state index in [4.69, 9.17) is 9.47 Å². The van der Waals surface area contributed by atoms with E-state index >= 15 is 0 Å². The molecule has 1 fully saturated rings. The molecule has 0 spiro atoms. The lowest BCUT2D eigenvalue weighted by Crippen LogP contribution is -2.45. The number of benzene rings is 1. The minimum atomic E-state index is -0.866. The summed E-state index contributed by atoms with van der Waals surface area (Å²) in [5, 5.41) is 14.0. The maximum Gasteiger partial charge on any atom is 0.119 e. The standard InChI is InChI=1S/C16H25NO3/c1-12(2)20-15-6-4-13(5-7-15)16(3,18)10-14-11-19-9-8-17-14/h4-7,12,14,17-18H,8-11H2,1-3H3. The summed E-state index contributed by atoms with van der Waals surface area (Å²) >= 11 is 0. The molecule has 2 N–H and O–H groups in total. The second-order valence-corrected chi connectivity index (χ2v) is 5.89. The molecule has 2 rings (SSSR count). The Morgan fingerprint density at radius 1 is 1.40 bits per heavy atom. The van der Waals surface area contributed by atoms with Crippen LogP contribution in [0.2, 0.25) is 0 Å². The Labute approximate surface area is 121 Å². The van der Waals surface area contributed by atoms with E-state index in [-0.39, 0.29) is 12.1 Å². The summed E-state index contributed by atoms with van der Waals surface area (Å²) in [4.78, 5) is 0. The molecule has 4 nitrogen and oxygen atoms in total. The van der Waals surface area contributed by atoms with Gasteiger partial charge in [-0.25, -0.2) is 0 Å². The molecule has 1 saturated heterocycles. The Morgan fingerprint density at radius 2 is 2.10 bits per heavy atom. The Balaban J connectivity index is 2.00. The van der Waals surface area contributed by atoms with Crippen molar-refractivity contribution in [3.05, 3.63) is 29.8 Å². The predicted molar refractivity (Wildman–Crippen MR) is 79.0 cm³/mol. The third-order valence-corrected chi connectivity index (χ3v) is 3.49. The molecule has 0 saturated carbocycles. The zero-order valence-electron chi connectivity index (χ0n) is 12.6. The smallest absolute Gasteiger partial charge is 0.119 e. The number of ether oxygens (including phenoxy) is 2. The molecule has 1 aliphatic heterocycles. The maximum atomic E-state index is 10.7. The van der Waals surface area contributed by atoms with Crippen LogP contribution in [-0.4, -0.2) is 37.0 Å². The number of rotatable bonds is 5. The van der Waals surface area contributed by atoms with Gasteiger partial charge in [0.25, 0.3) is 0 Å². The minimum Gasteiger partial charge on any atom is -0.491 e. The highest BCUT2D eigenvalue weighted by Gasteiger charge is 2.28. The van der Waals surface area contributed by atoms with Crippen LogP contribution in [0, 0.1) is 0 Å². The zero-order valence-corrected chi connectivity index (χ0v) is 12.6. The second kappa shape index (κ2) is 6.57. The predicted octanol–water partition coefficient (Wildman–Crippen LogP) is 2.06. The molecule has 0 radical (unpaired) electrons. The van der Waals surface area contributed by atoms with Crippen molar-refractivity contribution >= 4 is 0 Å². The van der Waals surface area contributed by atoms with Crippen LogP contribution in [0.15, 0.2) is 24.3 Å². The van der Waals surface area contributed by atoms with Gasteiger partial charge in [0.1, 0.15) is 5.75 Å². The fraction of sp³-hybridized carbons (Fsp3) is 0.625. The number of hydrogen-bond donors (Lipinski definition) is 2. The van der Waals surface area contributed by atoms with E-state index < -0.39 is 5.60 Å². The first-order valence-electron chi connectivity index (χ1n) is 7.28. The van der Waals surface area contributed by atoms with E-state index in [0.717, 1.165) is 24.5 Å². The highest BCUT2D eigenvalue weighted by atomic mass is 16.5. The third-order valence-electron chi connectivity index (χ3n) is 3.49. The Bertz CT molecular complexity index is 408. The first-order valence-corrected chi connectivity index (χ1v) is 7.28. The lowest BCUT2D eigenvalue weighted by Gasteiger charge is -2.32. The molecule has 2 atom stereocenters. The molecule has 4 heteroatoms. The Kier molecular flexibility index (Phi) is 5.02. The second-order valence-electron chi connectivity index (χ2n) is 5.89. The monoisotopic (exact) mass is 279 g/mol. The van der Waals surface area contributed by atoms with E-state index in [1.54, 1.807) is 0 Å². The van der Waals surface area contributed by atoms with Gasteiger partial charge in [0.15, 0.2) is 0 Å². The fourth-order valence-electron chi connectivity index (χ4n) is 2.51. The quantitative estimate of drug-likeness (QED) is 0.866. The molecule has 1 aromatic rings. The minimum absolute atomic E-state index is 0.157. The van der Waals surface area contributed by atoms with Crippen LogP contribution in [0.4, 0.5) is 0 Å². The van der Waals surface area contributed by atoms with Crippen LogP contribution in [0.25, 0.3) is 0 Å². The van der Waals surface area contributed by atoms with Crippen LogP contribution in [0.1, 0.15) is 32.8 Å². The van der Waals surface area contributed by atoms with Crippen molar-refractivity contribution in [1.29, 1.82) is 0 Å². The molecule has 112 valence electrons. The van der Waals surface area contributed by atoms with Gasteiger partial charge >= 0.3 is 0 Å². The molecule has 0 amide bonds. The molecular formula is C16H25NO3. The van der Waals surface area contributed by atoms with Gasteiger partial charge in [-0.2, -0.15) is 0 Å². The molecule has 20 heavy (non-hydrogen) atoms. The first-order chi connectivity index (χ1) is 9.47. The van der Waals surface area contributed by atoms with E-state index in [9.17, 15) is 5.11 Å². The molecule has 0 bridgehead atoms. The van der Waals surface area contributed by atoms with Gasteiger partial charge in [0.05, 0.1) is 24.9 Å². The Hall–Kier alpha value is -1.10. The molecule has 1 aliphatic rings. The van der Waals surface area contributed by atoms with Crippen molar-refractivity contribution in [2.45, 2.75) is 44.9 Å². The molecule has 1 heterocycles. The molecular weight excluding hydrogens is 254 g/mol. The normalized spacial score (nSPS) is 22.6. The van der Waals surface area contributed by atoms with Gasteiger partial charge in [0, 0.05) is 12.6 Å². The van der Waals surface area contributed by atoms with Crippen molar-refractivity contribution in [2.24, 2.45) is 0 Å². The molecule has 1 aromatic carbocycles. The summed E-state index contributed by atoms with van der Waals surface area (Å²) in [6, 6.07) is 7.89. The van der Waals surface area contributed by atoms with Crippen LogP contribution in [-0.2, 0) is 10.3 Å².